The highest BCUT2D eigenvalue weighted by Gasteiger charge is 2.49. The zero-order chi connectivity index (χ0) is 35.5. The van der Waals surface area contributed by atoms with Crippen LogP contribution in [0.2, 0.25) is 24.2 Å². The molecule has 0 atom stereocenters. The lowest BCUT2D eigenvalue weighted by Crippen LogP contribution is -2.54. The molecule has 10 heteroatoms. The summed E-state index contributed by atoms with van der Waals surface area (Å²) >= 11 is 7.48. The van der Waals surface area contributed by atoms with E-state index in [4.69, 9.17) is 0 Å². The van der Waals surface area contributed by atoms with E-state index < -0.39 is 16.1 Å². The zero-order valence-electron chi connectivity index (χ0n) is 29.4. The molecule has 4 nitrogen and oxygen atoms in total. The van der Waals surface area contributed by atoms with E-state index in [9.17, 15) is 21.0 Å². The Hall–Kier alpha value is -3.33. The van der Waals surface area contributed by atoms with Gasteiger partial charge in [-0.15, -0.1) is 45.3 Å². The Morgan fingerprint density at radius 3 is 1.10 bits per heavy atom. The number of allylic oxidation sites excluding steroid dienone is 2. The molecule has 0 saturated carbocycles. The summed E-state index contributed by atoms with van der Waals surface area (Å²) in [5.74, 6) is 0. The highest BCUT2D eigenvalue weighted by Crippen LogP contribution is 2.50. The molecule has 50 heavy (non-hydrogen) atoms. The first kappa shape index (κ1) is 36.5. The van der Waals surface area contributed by atoms with Crippen LogP contribution in [0.15, 0.2) is 35.4 Å². The van der Waals surface area contributed by atoms with Crippen molar-refractivity contribution in [1.82, 2.24) is 0 Å². The van der Waals surface area contributed by atoms with Gasteiger partial charge in [-0.3, -0.25) is 0 Å². The third-order valence-corrected chi connectivity index (χ3v) is 26.8. The average molecular weight is 763 g/mol. The minimum absolute atomic E-state index is 0.168. The van der Waals surface area contributed by atoms with Gasteiger partial charge < -0.3 is 0 Å². The van der Waals surface area contributed by atoms with Gasteiger partial charge in [-0.05, 0) is 81.3 Å². The quantitative estimate of drug-likeness (QED) is 0.0890. The van der Waals surface area contributed by atoms with Gasteiger partial charge in [0.25, 0.3) is 0 Å². The van der Waals surface area contributed by atoms with E-state index in [0.717, 1.165) is 9.75 Å². The number of unbranched alkanes of at least 4 members (excludes halogenated alkanes) is 4. The fourth-order valence-corrected chi connectivity index (χ4v) is 27.4. The second-order valence-corrected chi connectivity index (χ2v) is 26.4. The van der Waals surface area contributed by atoms with Crippen LogP contribution in [0, 0.1) is 45.3 Å². The fraction of sp³-hybridized carbons (Fsp3) is 0.400. The smallest absolute Gasteiger partial charge is 0.131 e. The molecule has 6 heterocycles. The number of fused-ring (bicyclic) bond motifs is 6. The lowest BCUT2D eigenvalue weighted by molar-refractivity contribution is 0.839. The van der Waals surface area contributed by atoms with Crippen LogP contribution in [0.5, 0.6) is 0 Å². The third kappa shape index (κ3) is 6.26. The summed E-state index contributed by atoms with van der Waals surface area (Å²) in [7, 11) is -4.08. The monoisotopic (exact) mass is 762 g/mol. The van der Waals surface area contributed by atoms with Crippen molar-refractivity contribution in [2.75, 3.05) is 0 Å². The molecule has 6 rings (SSSR count). The Morgan fingerprint density at radius 1 is 0.500 bits per heavy atom. The molecule has 4 aromatic heterocycles. The van der Waals surface area contributed by atoms with Crippen molar-refractivity contribution in [3.05, 3.63) is 45.2 Å². The van der Waals surface area contributed by atoms with Crippen LogP contribution in [0.3, 0.4) is 0 Å². The van der Waals surface area contributed by atoms with Crippen LogP contribution in [-0.2, 0) is 0 Å². The summed E-state index contributed by atoms with van der Waals surface area (Å²) in [6.45, 7) is 9.20. The van der Waals surface area contributed by atoms with E-state index in [0.29, 0.717) is 0 Å². The number of hydrogen-bond acceptors (Lipinski definition) is 8. The maximum Gasteiger partial charge on any atom is 0.131 e. The summed E-state index contributed by atoms with van der Waals surface area (Å²) < 4.78 is 0. The SMILES string of the molecule is CCCC[Si]1(CCCC)c2cc(C=C(C#N)C#N)sc2-c2sc(-c3cc4c(s3)-c3sc(C=C(C#N)C#N)cc3[Si]4(CCCC)CCCC)cc21. The second kappa shape index (κ2) is 15.5. The number of rotatable bonds is 15. The summed E-state index contributed by atoms with van der Waals surface area (Å²) in [4.78, 5) is 10.5. The minimum Gasteiger partial charge on any atom is -0.192 e. The first-order valence-corrected chi connectivity index (χ1v) is 26.1. The Kier molecular flexibility index (Phi) is 11.3. The van der Waals surface area contributed by atoms with Crippen molar-refractivity contribution in [3.8, 4) is 53.5 Å². The molecular weight excluding hydrogens is 721 g/mol. The Morgan fingerprint density at radius 2 is 0.800 bits per heavy atom. The highest BCUT2D eigenvalue weighted by atomic mass is 32.1. The summed E-state index contributed by atoms with van der Waals surface area (Å²) in [6.07, 6.45) is 13.2. The maximum absolute atomic E-state index is 9.51. The predicted molar refractivity (Wildman–Crippen MR) is 222 cm³/mol. The highest BCUT2D eigenvalue weighted by molar-refractivity contribution is 7.34. The molecule has 0 aromatic carbocycles. The van der Waals surface area contributed by atoms with Gasteiger partial charge in [0.05, 0.1) is 0 Å². The van der Waals surface area contributed by atoms with E-state index in [2.05, 4.69) is 76.2 Å². The molecule has 2 aliphatic rings. The van der Waals surface area contributed by atoms with Crippen molar-refractivity contribution < 1.29 is 0 Å². The molecule has 0 radical (unpaired) electrons. The van der Waals surface area contributed by atoms with Gasteiger partial charge in [0.15, 0.2) is 0 Å². The van der Waals surface area contributed by atoms with Crippen molar-refractivity contribution in [1.29, 1.82) is 21.0 Å². The molecule has 0 aliphatic carbocycles. The minimum atomic E-state index is -2.04. The first-order valence-electron chi connectivity index (χ1n) is 18.0. The van der Waals surface area contributed by atoms with Gasteiger partial charge in [0.2, 0.25) is 0 Å². The van der Waals surface area contributed by atoms with Crippen molar-refractivity contribution >= 4 is 94.4 Å². The standard InChI is InChI=1S/C40H42N4S4Si2/c1-5-9-13-49(14-10-6-2)33-19-29(17-27(23-41)24-42)45-37(33)39-35(49)21-31(47-39)32-22-36-40(48-32)38-34(20-30(46-38)18-28(25-43)26-44)50(36,15-11-7-3)16-12-8-4/h17-22H,5-16H2,1-4H3. The third-order valence-electron chi connectivity index (χ3n) is 10.6. The molecule has 0 spiro atoms. The Labute approximate surface area is 315 Å². The maximum atomic E-state index is 9.51. The number of thiophene rings is 4. The fourth-order valence-electron chi connectivity index (χ4n) is 8.08. The average Bonchev–Trinajstić information content (AvgIpc) is 3.97. The number of hydrogen-bond donors (Lipinski definition) is 0. The van der Waals surface area contributed by atoms with Crippen LogP contribution in [0.1, 0.15) is 88.8 Å². The van der Waals surface area contributed by atoms with Gasteiger partial charge in [0, 0.05) is 39.0 Å². The van der Waals surface area contributed by atoms with Crippen LogP contribution in [0.4, 0.5) is 0 Å². The second-order valence-electron chi connectivity index (χ2n) is 13.6. The molecule has 2 aliphatic heterocycles. The van der Waals surface area contributed by atoms with Crippen molar-refractivity contribution in [2.24, 2.45) is 0 Å². The summed E-state index contributed by atoms with van der Waals surface area (Å²) in [5, 5.41) is 44.4. The molecule has 4 aromatic rings. The van der Waals surface area contributed by atoms with Crippen LogP contribution >= 0.6 is 45.3 Å². The van der Waals surface area contributed by atoms with E-state index in [1.807, 2.05) is 22.7 Å². The number of nitrogens with zero attached hydrogens (tertiary/aromatic N) is 4. The summed E-state index contributed by atoms with van der Waals surface area (Å²) in [6, 6.07) is 23.1. The van der Waals surface area contributed by atoms with Crippen molar-refractivity contribution in [3.63, 3.8) is 0 Å². The molecule has 0 saturated heterocycles. The van der Waals surface area contributed by atoms with E-state index >= 15 is 0 Å². The molecular formula is C40H42N4S4Si2. The largest absolute Gasteiger partial charge is 0.192 e. The molecule has 0 N–H and O–H groups in total. The van der Waals surface area contributed by atoms with Gasteiger partial charge in [-0.2, -0.15) is 21.0 Å². The van der Waals surface area contributed by atoms with Crippen LogP contribution in [0.25, 0.3) is 41.4 Å². The van der Waals surface area contributed by atoms with Crippen molar-refractivity contribution in [2.45, 2.75) is 103 Å². The molecule has 254 valence electrons. The number of nitriles is 4. The molecule has 0 amide bonds. The lowest BCUT2D eigenvalue weighted by atomic mass is 10.3. The van der Waals surface area contributed by atoms with E-state index in [1.165, 1.54) is 115 Å². The molecule has 0 fully saturated rings. The first-order chi connectivity index (χ1) is 24.4. The van der Waals surface area contributed by atoms with Gasteiger partial charge >= 0.3 is 0 Å². The zero-order valence-corrected chi connectivity index (χ0v) is 34.6. The Balaban J connectivity index is 1.52. The molecule has 0 unspecified atom stereocenters. The molecule has 0 bridgehead atoms. The van der Waals surface area contributed by atoms with Gasteiger partial charge in [0.1, 0.15) is 51.6 Å². The normalized spacial score (nSPS) is 14.0. The predicted octanol–water partition coefficient (Wildman–Crippen LogP) is 10.7. The summed E-state index contributed by atoms with van der Waals surface area (Å²) in [5.41, 5.74) is 0.336. The van der Waals surface area contributed by atoms with Crippen LogP contribution in [-0.4, -0.2) is 16.1 Å². The van der Waals surface area contributed by atoms with Gasteiger partial charge in [-0.1, -0.05) is 79.1 Å². The van der Waals surface area contributed by atoms with Crippen LogP contribution < -0.4 is 20.7 Å². The van der Waals surface area contributed by atoms with Gasteiger partial charge in [-0.25, -0.2) is 0 Å². The lowest BCUT2D eigenvalue weighted by Gasteiger charge is -2.29. The van der Waals surface area contributed by atoms with E-state index in [-0.39, 0.29) is 11.1 Å². The topological polar surface area (TPSA) is 95.2 Å². The van der Waals surface area contributed by atoms with E-state index in [1.54, 1.807) is 45.2 Å². The Bertz CT molecular complexity index is 1950.